The third kappa shape index (κ3) is 3.97. The third-order valence-electron chi connectivity index (χ3n) is 5.26. The van der Waals surface area contributed by atoms with Crippen molar-refractivity contribution in [2.24, 2.45) is 0 Å². The number of aromatic carboxylic acids is 1. The quantitative estimate of drug-likeness (QED) is 0.655. The molecule has 0 saturated heterocycles. The Morgan fingerprint density at radius 1 is 1.14 bits per heavy atom. The van der Waals surface area contributed by atoms with Crippen molar-refractivity contribution in [3.05, 3.63) is 76.5 Å². The van der Waals surface area contributed by atoms with Crippen molar-refractivity contribution in [3.8, 4) is 11.1 Å². The second kappa shape index (κ2) is 7.99. The van der Waals surface area contributed by atoms with Crippen LogP contribution in [0.5, 0.6) is 0 Å². The van der Waals surface area contributed by atoms with E-state index in [0.717, 1.165) is 42.8 Å². The standard InChI is InChI=1S/C23H22FN3O2/c1-14-26-21-9-5-4-8-19(21)22(27-14)25-13-16-11-10-15(12-20(16)24)17-6-2-3-7-18(17)23(28)29/h2-3,6-7,10-12H,4-5,8-9,13H2,1H3,(H,28,29)(H,25,26,27). The first-order chi connectivity index (χ1) is 14.0. The Bertz CT molecular complexity index is 1080. The maximum atomic E-state index is 14.8. The van der Waals surface area contributed by atoms with Gasteiger partial charge in [-0.05, 0) is 55.9 Å². The highest BCUT2D eigenvalue weighted by Crippen LogP contribution is 2.28. The van der Waals surface area contributed by atoms with Crippen LogP contribution in [0.3, 0.4) is 0 Å². The number of benzene rings is 2. The predicted molar refractivity (Wildman–Crippen MR) is 110 cm³/mol. The molecule has 0 aliphatic heterocycles. The van der Waals surface area contributed by atoms with Crippen molar-refractivity contribution in [2.45, 2.75) is 39.2 Å². The SMILES string of the molecule is Cc1nc2c(c(NCc3ccc(-c4ccccc4C(=O)O)cc3F)n1)CCCC2. The molecule has 5 nitrogen and oxygen atoms in total. The zero-order chi connectivity index (χ0) is 20.4. The second-order valence-corrected chi connectivity index (χ2v) is 7.26. The summed E-state index contributed by atoms with van der Waals surface area (Å²) in [6.45, 7) is 2.17. The fourth-order valence-corrected chi connectivity index (χ4v) is 3.82. The smallest absolute Gasteiger partial charge is 0.336 e. The molecule has 3 aromatic rings. The Labute approximate surface area is 168 Å². The molecule has 0 amide bonds. The van der Waals surface area contributed by atoms with Crippen molar-refractivity contribution in [1.29, 1.82) is 0 Å². The van der Waals surface area contributed by atoms with Gasteiger partial charge < -0.3 is 10.4 Å². The maximum absolute atomic E-state index is 14.8. The van der Waals surface area contributed by atoms with Gasteiger partial charge in [0.05, 0.1) is 5.56 Å². The monoisotopic (exact) mass is 391 g/mol. The molecule has 1 aliphatic rings. The van der Waals surface area contributed by atoms with Gasteiger partial charge in [-0.1, -0.05) is 30.3 Å². The van der Waals surface area contributed by atoms with Crippen LogP contribution >= 0.6 is 0 Å². The lowest BCUT2D eigenvalue weighted by Crippen LogP contribution is -2.14. The minimum absolute atomic E-state index is 0.154. The molecule has 1 heterocycles. The summed E-state index contributed by atoms with van der Waals surface area (Å²) >= 11 is 0. The number of hydrogen-bond donors (Lipinski definition) is 2. The molecular formula is C23H22FN3O2. The van der Waals surface area contributed by atoms with Gasteiger partial charge in [-0.3, -0.25) is 0 Å². The van der Waals surface area contributed by atoms with E-state index in [1.165, 1.54) is 12.1 Å². The molecule has 0 saturated carbocycles. The first kappa shape index (κ1) is 19.1. The minimum atomic E-state index is -1.03. The van der Waals surface area contributed by atoms with Crippen molar-refractivity contribution >= 4 is 11.8 Å². The van der Waals surface area contributed by atoms with E-state index in [9.17, 15) is 14.3 Å². The topological polar surface area (TPSA) is 75.1 Å². The highest BCUT2D eigenvalue weighted by molar-refractivity contribution is 5.96. The average Bonchev–Trinajstić information content (AvgIpc) is 2.72. The molecular weight excluding hydrogens is 369 g/mol. The summed E-state index contributed by atoms with van der Waals surface area (Å²) in [7, 11) is 0. The lowest BCUT2D eigenvalue weighted by molar-refractivity contribution is 0.0697. The number of rotatable bonds is 5. The first-order valence-electron chi connectivity index (χ1n) is 9.74. The minimum Gasteiger partial charge on any atom is -0.478 e. The van der Waals surface area contributed by atoms with Gasteiger partial charge in [0.2, 0.25) is 0 Å². The molecule has 0 unspecified atom stereocenters. The summed E-state index contributed by atoms with van der Waals surface area (Å²) in [5, 5.41) is 12.6. The van der Waals surface area contributed by atoms with E-state index in [1.54, 1.807) is 30.3 Å². The first-order valence-corrected chi connectivity index (χ1v) is 9.74. The molecule has 29 heavy (non-hydrogen) atoms. The Morgan fingerprint density at radius 3 is 2.72 bits per heavy atom. The lowest BCUT2D eigenvalue weighted by atomic mass is 9.96. The zero-order valence-corrected chi connectivity index (χ0v) is 16.2. The van der Waals surface area contributed by atoms with Crippen LogP contribution in [-0.2, 0) is 19.4 Å². The number of carbonyl (C=O) groups is 1. The Kier molecular flexibility index (Phi) is 5.25. The summed E-state index contributed by atoms with van der Waals surface area (Å²) in [6, 6.07) is 11.4. The summed E-state index contributed by atoms with van der Waals surface area (Å²) in [6.07, 6.45) is 4.14. The lowest BCUT2D eigenvalue weighted by Gasteiger charge is -2.19. The van der Waals surface area contributed by atoms with Crippen LogP contribution in [-0.4, -0.2) is 21.0 Å². The van der Waals surface area contributed by atoms with Gasteiger partial charge in [-0.2, -0.15) is 0 Å². The normalized spacial score (nSPS) is 13.0. The molecule has 0 spiro atoms. The fourth-order valence-electron chi connectivity index (χ4n) is 3.82. The zero-order valence-electron chi connectivity index (χ0n) is 16.2. The van der Waals surface area contributed by atoms with Gasteiger partial charge in [-0.15, -0.1) is 0 Å². The van der Waals surface area contributed by atoms with E-state index < -0.39 is 5.97 Å². The molecule has 2 aromatic carbocycles. The van der Waals surface area contributed by atoms with E-state index in [1.807, 2.05) is 6.92 Å². The Morgan fingerprint density at radius 2 is 1.93 bits per heavy atom. The van der Waals surface area contributed by atoms with Crippen LogP contribution in [0.2, 0.25) is 0 Å². The largest absolute Gasteiger partial charge is 0.478 e. The van der Waals surface area contributed by atoms with Gasteiger partial charge in [0.25, 0.3) is 0 Å². The molecule has 148 valence electrons. The van der Waals surface area contributed by atoms with Crippen LogP contribution in [0, 0.1) is 12.7 Å². The van der Waals surface area contributed by atoms with Gasteiger partial charge in [0, 0.05) is 23.4 Å². The van der Waals surface area contributed by atoms with Crippen molar-refractivity contribution in [3.63, 3.8) is 0 Å². The highest BCUT2D eigenvalue weighted by Gasteiger charge is 2.17. The number of nitrogens with one attached hydrogen (secondary N) is 1. The number of hydrogen-bond acceptors (Lipinski definition) is 4. The summed E-state index contributed by atoms with van der Waals surface area (Å²) in [5.74, 6) is 0.0895. The highest BCUT2D eigenvalue weighted by atomic mass is 19.1. The number of carboxylic acid groups (broad SMARTS) is 1. The summed E-state index contributed by atoms with van der Waals surface area (Å²) in [5.41, 5.74) is 3.92. The van der Waals surface area contributed by atoms with E-state index >= 15 is 0 Å². The number of carboxylic acids is 1. The van der Waals surface area contributed by atoms with Crippen molar-refractivity contribution in [2.75, 3.05) is 5.32 Å². The maximum Gasteiger partial charge on any atom is 0.336 e. The van der Waals surface area contributed by atoms with Crippen molar-refractivity contribution in [1.82, 2.24) is 9.97 Å². The van der Waals surface area contributed by atoms with E-state index in [0.29, 0.717) is 29.1 Å². The average molecular weight is 391 g/mol. The summed E-state index contributed by atoms with van der Waals surface area (Å²) in [4.78, 5) is 20.5. The molecule has 6 heteroatoms. The molecule has 1 aliphatic carbocycles. The molecule has 2 N–H and O–H groups in total. The van der Waals surface area contributed by atoms with E-state index in [2.05, 4.69) is 15.3 Å². The van der Waals surface area contributed by atoms with Crippen LogP contribution in [0.25, 0.3) is 11.1 Å². The van der Waals surface area contributed by atoms with Gasteiger partial charge in [0.1, 0.15) is 17.5 Å². The van der Waals surface area contributed by atoms with Crippen LogP contribution in [0.1, 0.15) is 45.8 Å². The van der Waals surface area contributed by atoms with Crippen LogP contribution in [0.4, 0.5) is 10.2 Å². The molecule has 0 fully saturated rings. The van der Waals surface area contributed by atoms with Crippen LogP contribution < -0.4 is 5.32 Å². The number of halogens is 1. The summed E-state index contributed by atoms with van der Waals surface area (Å²) < 4.78 is 14.8. The van der Waals surface area contributed by atoms with Gasteiger partial charge in [0.15, 0.2) is 0 Å². The molecule has 1 aromatic heterocycles. The number of nitrogens with zero attached hydrogens (tertiary/aromatic N) is 2. The van der Waals surface area contributed by atoms with Crippen molar-refractivity contribution < 1.29 is 14.3 Å². The fraction of sp³-hybridized carbons (Fsp3) is 0.261. The number of aromatic nitrogens is 2. The predicted octanol–water partition coefficient (Wildman–Crippen LogP) is 4.78. The van der Waals surface area contributed by atoms with Crippen LogP contribution in [0.15, 0.2) is 42.5 Å². The third-order valence-corrected chi connectivity index (χ3v) is 5.26. The van der Waals surface area contributed by atoms with E-state index in [4.69, 9.17) is 0 Å². The van der Waals surface area contributed by atoms with Gasteiger partial charge >= 0.3 is 5.97 Å². The number of fused-ring (bicyclic) bond motifs is 1. The Balaban J connectivity index is 1.58. The molecule has 0 radical (unpaired) electrons. The van der Waals surface area contributed by atoms with E-state index in [-0.39, 0.29) is 11.4 Å². The molecule has 4 rings (SSSR count). The molecule has 0 bridgehead atoms. The number of aryl methyl sites for hydroxylation is 2. The number of anilines is 1. The molecule has 0 atom stereocenters. The second-order valence-electron chi connectivity index (χ2n) is 7.26. The Hall–Kier alpha value is -3.28. The van der Waals surface area contributed by atoms with Gasteiger partial charge in [-0.25, -0.2) is 19.2 Å².